The summed E-state index contributed by atoms with van der Waals surface area (Å²) in [6, 6.07) is 6.86. The van der Waals surface area contributed by atoms with Crippen molar-refractivity contribution in [2.24, 2.45) is 0 Å². The Morgan fingerprint density at radius 1 is 1.03 bits per heavy atom. The Balaban J connectivity index is 1.19. The Kier molecular flexibility index (Phi) is 7.39. The Hall–Kier alpha value is -2.78. The van der Waals surface area contributed by atoms with E-state index in [4.69, 9.17) is 27.9 Å². The number of H-pyrrole nitrogens is 1. The van der Waals surface area contributed by atoms with Crippen LogP contribution in [0.1, 0.15) is 42.5 Å². The van der Waals surface area contributed by atoms with Crippen molar-refractivity contribution in [1.29, 1.82) is 0 Å². The second-order valence-electron chi connectivity index (χ2n) is 8.33. The van der Waals surface area contributed by atoms with Crippen LogP contribution >= 0.6 is 23.2 Å². The standard InChI is InChI=1S/C22H25Cl2N5O4/c23-14-3-1-13(2-4-14)20(30)26-15-5-7-16(8-6-15)27-22(32)33-17-9-10-29(12-17)18-11-25-28-21(31)19(18)24/h1-4,11,15-17H,5-10,12H2,(H,26,30)(H,27,32)(H,28,31)/t15?,16?,17-/m1/s1. The van der Waals surface area contributed by atoms with Gasteiger partial charge < -0.3 is 20.3 Å². The molecule has 0 bridgehead atoms. The average Bonchev–Trinajstić information content (AvgIpc) is 3.25. The number of hydrogen-bond donors (Lipinski definition) is 3. The fraction of sp³-hybridized carbons (Fsp3) is 0.455. The van der Waals surface area contributed by atoms with Crippen molar-refractivity contribution in [3.05, 3.63) is 56.4 Å². The number of ether oxygens (including phenoxy) is 1. The van der Waals surface area contributed by atoms with Gasteiger partial charge in [0, 0.05) is 35.6 Å². The molecule has 1 saturated heterocycles. The molecule has 2 aliphatic rings. The van der Waals surface area contributed by atoms with Gasteiger partial charge in [0.15, 0.2) is 0 Å². The number of aromatic amines is 1. The van der Waals surface area contributed by atoms with Crippen molar-refractivity contribution < 1.29 is 14.3 Å². The quantitative estimate of drug-likeness (QED) is 0.588. The summed E-state index contributed by atoms with van der Waals surface area (Å²) in [5, 5.41) is 12.7. The Morgan fingerprint density at radius 2 is 1.70 bits per heavy atom. The predicted molar refractivity (Wildman–Crippen MR) is 125 cm³/mol. The number of anilines is 1. The zero-order chi connectivity index (χ0) is 23.4. The number of rotatable bonds is 5. The van der Waals surface area contributed by atoms with Crippen molar-refractivity contribution in [3.63, 3.8) is 0 Å². The van der Waals surface area contributed by atoms with E-state index in [0.29, 0.717) is 35.8 Å². The minimum Gasteiger partial charge on any atom is -0.444 e. The van der Waals surface area contributed by atoms with Crippen LogP contribution in [0.4, 0.5) is 10.5 Å². The van der Waals surface area contributed by atoms with Gasteiger partial charge in [-0.1, -0.05) is 23.2 Å². The summed E-state index contributed by atoms with van der Waals surface area (Å²) in [6.45, 7) is 1.06. The highest BCUT2D eigenvalue weighted by molar-refractivity contribution is 6.33. The van der Waals surface area contributed by atoms with Gasteiger partial charge in [-0.3, -0.25) is 9.59 Å². The summed E-state index contributed by atoms with van der Waals surface area (Å²) in [5.74, 6) is -0.121. The minimum absolute atomic E-state index is 0.00464. The van der Waals surface area contributed by atoms with Gasteiger partial charge >= 0.3 is 6.09 Å². The van der Waals surface area contributed by atoms with Crippen molar-refractivity contribution in [3.8, 4) is 0 Å². The number of nitrogens with zero attached hydrogens (tertiary/aromatic N) is 2. The lowest BCUT2D eigenvalue weighted by Crippen LogP contribution is -2.44. The van der Waals surface area contributed by atoms with Crippen LogP contribution in [-0.4, -0.2) is 53.5 Å². The van der Waals surface area contributed by atoms with E-state index >= 15 is 0 Å². The Morgan fingerprint density at radius 3 is 2.39 bits per heavy atom. The smallest absolute Gasteiger partial charge is 0.407 e. The van der Waals surface area contributed by atoms with Crippen molar-refractivity contribution >= 4 is 40.9 Å². The highest BCUT2D eigenvalue weighted by atomic mass is 35.5. The van der Waals surface area contributed by atoms with Crippen LogP contribution in [0.25, 0.3) is 0 Å². The molecule has 2 aromatic rings. The molecule has 11 heteroatoms. The van der Waals surface area contributed by atoms with Crippen LogP contribution in [0.15, 0.2) is 35.3 Å². The first-order valence-electron chi connectivity index (χ1n) is 10.9. The summed E-state index contributed by atoms with van der Waals surface area (Å²) in [5.41, 5.74) is 0.660. The molecule has 1 aromatic heterocycles. The molecule has 33 heavy (non-hydrogen) atoms. The summed E-state index contributed by atoms with van der Waals surface area (Å²) in [7, 11) is 0. The number of carbonyl (C=O) groups is 2. The van der Waals surface area contributed by atoms with Gasteiger partial charge in [-0.2, -0.15) is 5.10 Å². The third-order valence-corrected chi connectivity index (χ3v) is 6.64. The second kappa shape index (κ2) is 10.4. The van der Waals surface area contributed by atoms with Crippen molar-refractivity contribution in [1.82, 2.24) is 20.8 Å². The molecule has 1 aromatic carbocycles. The molecule has 1 aliphatic heterocycles. The molecule has 2 fully saturated rings. The van der Waals surface area contributed by atoms with Crippen molar-refractivity contribution in [2.45, 2.75) is 50.3 Å². The molecular weight excluding hydrogens is 469 g/mol. The highest BCUT2D eigenvalue weighted by Crippen LogP contribution is 2.26. The molecule has 0 spiro atoms. The number of aromatic nitrogens is 2. The van der Waals surface area contributed by atoms with E-state index in [1.54, 1.807) is 24.3 Å². The lowest BCUT2D eigenvalue weighted by atomic mass is 9.91. The van der Waals surface area contributed by atoms with Gasteiger partial charge in [0.1, 0.15) is 11.1 Å². The van der Waals surface area contributed by atoms with Crippen molar-refractivity contribution in [2.75, 3.05) is 18.0 Å². The zero-order valence-electron chi connectivity index (χ0n) is 17.9. The molecule has 9 nitrogen and oxygen atoms in total. The lowest BCUT2D eigenvalue weighted by Gasteiger charge is -2.29. The zero-order valence-corrected chi connectivity index (χ0v) is 19.4. The minimum atomic E-state index is -0.453. The van der Waals surface area contributed by atoms with Gasteiger partial charge in [0.2, 0.25) is 0 Å². The van der Waals surface area contributed by atoms with Crippen LogP contribution in [0.5, 0.6) is 0 Å². The van der Waals surface area contributed by atoms with E-state index in [-0.39, 0.29) is 29.1 Å². The van der Waals surface area contributed by atoms with Crippen LogP contribution in [-0.2, 0) is 4.74 Å². The summed E-state index contributed by atoms with van der Waals surface area (Å²) >= 11 is 11.9. The molecule has 3 N–H and O–H groups in total. The number of hydrogen-bond acceptors (Lipinski definition) is 6. The predicted octanol–water partition coefficient (Wildman–Crippen LogP) is 3.12. The fourth-order valence-corrected chi connectivity index (χ4v) is 4.58. The number of alkyl carbamates (subject to hydrolysis) is 1. The Labute approximate surface area is 200 Å². The highest BCUT2D eigenvalue weighted by Gasteiger charge is 2.29. The first-order chi connectivity index (χ1) is 15.9. The maximum atomic E-state index is 12.4. The lowest BCUT2D eigenvalue weighted by molar-refractivity contribution is 0.0909. The van der Waals surface area contributed by atoms with Crippen LogP contribution in [0, 0.1) is 0 Å². The summed E-state index contributed by atoms with van der Waals surface area (Å²) < 4.78 is 5.57. The third kappa shape index (κ3) is 5.97. The average molecular weight is 494 g/mol. The van der Waals surface area contributed by atoms with Gasteiger partial charge in [0.25, 0.3) is 11.5 Å². The number of carbonyl (C=O) groups excluding carboxylic acids is 2. The van der Waals surface area contributed by atoms with E-state index in [1.807, 2.05) is 4.90 Å². The first kappa shape index (κ1) is 23.4. The maximum Gasteiger partial charge on any atom is 0.407 e. The normalized spacial score (nSPS) is 22.6. The molecule has 2 heterocycles. The Bertz CT molecular complexity index is 1050. The largest absolute Gasteiger partial charge is 0.444 e. The summed E-state index contributed by atoms with van der Waals surface area (Å²) in [6.07, 6.45) is 4.44. The van der Waals surface area contributed by atoms with E-state index in [2.05, 4.69) is 20.8 Å². The van der Waals surface area contributed by atoms with Crippen LogP contribution in [0.2, 0.25) is 10.0 Å². The SMILES string of the molecule is O=C(NC1CCC(NC(=O)c2ccc(Cl)cc2)CC1)O[C@@H]1CCN(c2cn[nH]c(=O)c2Cl)C1. The summed E-state index contributed by atoms with van der Waals surface area (Å²) in [4.78, 5) is 38.3. The van der Waals surface area contributed by atoms with Gasteiger partial charge in [-0.05, 0) is 49.9 Å². The molecule has 4 rings (SSSR count). The van der Waals surface area contributed by atoms with Gasteiger partial charge in [0.05, 0.1) is 18.4 Å². The van der Waals surface area contributed by atoms with Crippen LogP contribution < -0.4 is 21.1 Å². The fourth-order valence-electron chi connectivity index (χ4n) is 4.24. The third-order valence-electron chi connectivity index (χ3n) is 6.03. The first-order valence-corrected chi connectivity index (χ1v) is 11.7. The molecular formula is C22H25Cl2N5O4. The van der Waals surface area contributed by atoms with Gasteiger partial charge in [-0.15, -0.1) is 0 Å². The van der Waals surface area contributed by atoms with E-state index in [9.17, 15) is 14.4 Å². The monoisotopic (exact) mass is 493 g/mol. The van der Waals surface area contributed by atoms with E-state index < -0.39 is 11.7 Å². The number of amides is 2. The molecule has 176 valence electrons. The number of benzene rings is 1. The van der Waals surface area contributed by atoms with E-state index in [1.165, 1.54) is 6.20 Å². The topological polar surface area (TPSA) is 116 Å². The molecule has 1 saturated carbocycles. The number of nitrogens with one attached hydrogen (secondary N) is 3. The maximum absolute atomic E-state index is 12.4. The molecule has 2 amide bonds. The van der Waals surface area contributed by atoms with Gasteiger partial charge in [-0.25, -0.2) is 9.89 Å². The van der Waals surface area contributed by atoms with E-state index in [0.717, 1.165) is 25.7 Å². The second-order valence-corrected chi connectivity index (χ2v) is 9.15. The molecule has 1 aliphatic carbocycles. The number of halogens is 2. The molecule has 1 atom stereocenters. The molecule has 0 unspecified atom stereocenters. The molecule has 0 radical (unpaired) electrons. The van der Waals surface area contributed by atoms with Crippen LogP contribution in [0.3, 0.4) is 0 Å².